The van der Waals surface area contributed by atoms with E-state index >= 15 is 0 Å². The predicted molar refractivity (Wildman–Crippen MR) is 88.9 cm³/mol. The maximum absolute atomic E-state index is 11.8. The van der Waals surface area contributed by atoms with Crippen molar-refractivity contribution >= 4 is 11.9 Å². The minimum absolute atomic E-state index is 0.0496. The van der Waals surface area contributed by atoms with Gasteiger partial charge in [-0.05, 0) is 32.1 Å². The van der Waals surface area contributed by atoms with E-state index in [1.165, 1.54) is 25.7 Å². The monoisotopic (exact) mass is 314 g/mol. The molecule has 0 fully saturated rings. The van der Waals surface area contributed by atoms with Crippen molar-refractivity contribution in [3.8, 4) is 0 Å². The highest BCUT2D eigenvalue weighted by Crippen LogP contribution is 2.16. The van der Waals surface area contributed by atoms with Crippen LogP contribution in [0.3, 0.4) is 0 Å². The average Bonchev–Trinajstić information content (AvgIpc) is 2.48. The minimum Gasteiger partial charge on any atom is -0.481 e. The van der Waals surface area contributed by atoms with Gasteiger partial charge in [-0.15, -0.1) is 0 Å². The smallest absolute Gasteiger partial charge is 0.306 e. The largest absolute Gasteiger partial charge is 0.481 e. The van der Waals surface area contributed by atoms with Crippen LogP contribution in [0.1, 0.15) is 97.3 Å². The molecule has 0 rings (SSSR count). The lowest BCUT2D eigenvalue weighted by atomic mass is 10.0. The minimum atomic E-state index is -0.804. The van der Waals surface area contributed by atoms with Crippen LogP contribution in [-0.2, 0) is 14.3 Å². The Kier molecular flexibility index (Phi) is 14.1. The Morgan fingerprint density at radius 2 is 1.41 bits per heavy atom. The molecule has 0 aliphatic heterocycles. The molecule has 0 bridgehead atoms. The summed E-state index contributed by atoms with van der Waals surface area (Å²) < 4.78 is 5.58. The van der Waals surface area contributed by atoms with E-state index in [1.54, 1.807) is 0 Å². The van der Waals surface area contributed by atoms with Gasteiger partial charge in [-0.25, -0.2) is 0 Å². The second kappa shape index (κ2) is 14.9. The van der Waals surface area contributed by atoms with Gasteiger partial charge in [0.2, 0.25) is 0 Å². The zero-order valence-electron chi connectivity index (χ0n) is 14.4. The molecule has 0 amide bonds. The molecule has 1 N–H and O–H groups in total. The van der Waals surface area contributed by atoms with Crippen LogP contribution in [0.4, 0.5) is 0 Å². The molecule has 22 heavy (non-hydrogen) atoms. The van der Waals surface area contributed by atoms with Crippen LogP contribution in [0.2, 0.25) is 0 Å². The summed E-state index contributed by atoms with van der Waals surface area (Å²) >= 11 is 0. The summed E-state index contributed by atoms with van der Waals surface area (Å²) in [6.45, 7) is 4.35. The first kappa shape index (κ1) is 20.9. The van der Waals surface area contributed by atoms with Gasteiger partial charge < -0.3 is 9.84 Å². The van der Waals surface area contributed by atoms with Gasteiger partial charge in [0.25, 0.3) is 0 Å². The van der Waals surface area contributed by atoms with Crippen LogP contribution in [-0.4, -0.2) is 23.1 Å². The zero-order chi connectivity index (χ0) is 16.6. The Morgan fingerprint density at radius 3 is 2.05 bits per heavy atom. The summed E-state index contributed by atoms with van der Waals surface area (Å²) in [5.74, 6) is -0.971. The molecule has 130 valence electrons. The van der Waals surface area contributed by atoms with Gasteiger partial charge in [0.1, 0.15) is 6.10 Å². The summed E-state index contributed by atoms with van der Waals surface area (Å²) in [4.78, 5) is 22.2. The van der Waals surface area contributed by atoms with E-state index in [2.05, 4.69) is 13.8 Å². The maximum Gasteiger partial charge on any atom is 0.306 e. The SMILES string of the molecule is CCCCCCCC(CCCC)OC(=O)CCCCC(=O)O. The molecule has 0 saturated carbocycles. The fourth-order valence-electron chi connectivity index (χ4n) is 2.46. The highest BCUT2D eigenvalue weighted by atomic mass is 16.5. The number of hydrogen-bond acceptors (Lipinski definition) is 3. The standard InChI is InChI=1S/C18H34O4/c1-3-5-7-8-9-13-16(12-6-4-2)22-18(21)15-11-10-14-17(19)20/h16H,3-15H2,1-2H3,(H,19,20). The first-order valence-electron chi connectivity index (χ1n) is 9.01. The molecule has 0 aliphatic carbocycles. The van der Waals surface area contributed by atoms with E-state index in [0.29, 0.717) is 19.3 Å². The molecule has 1 atom stereocenters. The number of aliphatic carboxylic acids is 1. The lowest BCUT2D eigenvalue weighted by molar-refractivity contribution is -0.150. The van der Waals surface area contributed by atoms with Gasteiger partial charge in [0.05, 0.1) is 0 Å². The molecule has 0 aromatic rings. The molecular weight excluding hydrogens is 280 g/mol. The van der Waals surface area contributed by atoms with Crippen molar-refractivity contribution < 1.29 is 19.4 Å². The predicted octanol–water partition coefficient (Wildman–Crippen LogP) is 5.09. The van der Waals surface area contributed by atoms with Crippen molar-refractivity contribution in [2.45, 2.75) is 103 Å². The van der Waals surface area contributed by atoms with E-state index in [-0.39, 0.29) is 18.5 Å². The molecular formula is C18H34O4. The quantitative estimate of drug-likeness (QED) is 0.337. The average molecular weight is 314 g/mol. The van der Waals surface area contributed by atoms with Gasteiger partial charge in [-0.3, -0.25) is 9.59 Å². The molecule has 1 unspecified atom stereocenters. The van der Waals surface area contributed by atoms with Crippen LogP contribution in [0.25, 0.3) is 0 Å². The third-order valence-electron chi connectivity index (χ3n) is 3.83. The van der Waals surface area contributed by atoms with E-state index < -0.39 is 5.97 Å². The normalized spacial score (nSPS) is 12.1. The molecule has 0 spiro atoms. The summed E-state index contributed by atoms with van der Waals surface area (Å²) in [6.07, 6.45) is 11.9. The van der Waals surface area contributed by atoms with Gasteiger partial charge >= 0.3 is 11.9 Å². The topological polar surface area (TPSA) is 63.6 Å². The fraction of sp³-hybridized carbons (Fsp3) is 0.889. The number of rotatable bonds is 15. The first-order chi connectivity index (χ1) is 10.6. The number of carboxylic acids is 1. The Labute approximate surface area is 135 Å². The Bertz CT molecular complexity index is 289. The number of ether oxygens (including phenoxy) is 1. The van der Waals surface area contributed by atoms with Gasteiger partial charge in [0, 0.05) is 12.8 Å². The molecule has 0 saturated heterocycles. The number of esters is 1. The van der Waals surface area contributed by atoms with Crippen LogP contribution in [0, 0.1) is 0 Å². The maximum atomic E-state index is 11.8. The summed E-state index contributed by atoms with van der Waals surface area (Å²) in [7, 11) is 0. The molecule has 4 heteroatoms. The fourth-order valence-corrected chi connectivity index (χ4v) is 2.46. The van der Waals surface area contributed by atoms with Crippen LogP contribution >= 0.6 is 0 Å². The summed E-state index contributed by atoms with van der Waals surface area (Å²) in [6, 6.07) is 0. The second-order valence-electron chi connectivity index (χ2n) is 6.06. The first-order valence-corrected chi connectivity index (χ1v) is 9.01. The van der Waals surface area contributed by atoms with Gasteiger partial charge in [0.15, 0.2) is 0 Å². The Morgan fingerprint density at radius 1 is 0.818 bits per heavy atom. The van der Waals surface area contributed by atoms with E-state index in [4.69, 9.17) is 9.84 Å². The number of carbonyl (C=O) groups is 2. The third-order valence-corrected chi connectivity index (χ3v) is 3.83. The Hall–Kier alpha value is -1.06. The summed E-state index contributed by atoms with van der Waals surface area (Å²) in [5.41, 5.74) is 0. The van der Waals surface area contributed by atoms with Crippen LogP contribution < -0.4 is 0 Å². The number of carbonyl (C=O) groups excluding carboxylic acids is 1. The number of unbranched alkanes of at least 4 members (excludes halogenated alkanes) is 6. The highest BCUT2D eigenvalue weighted by molar-refractivity contribution is 5.70. The van der Waals surface area contributed by atoms with Crippen LogP contribution in [0.15, 0.2) is 0 Å². The zero-order valence-corrected chi connectivity index (χ0v) is 14.4. The van der Waals surface area contributed by atoms with Crippen molar-refractivity contribution in [2.24, 2.45) is 0 Å². The molecule has 4 nitrogen and oxygen atoms in total. The number of hydrogen-bond donors (Lipinski definition) is 1. The molecule has 0 aliphatic rings. The van der Waals surface area contributed by atoms with Crippen molar-refractivity contribution in [2.75, 3.05) is 0 Å². The lowest BCUT2D eigenvalue weighted by Gasteiger charge is -2.17. The molecule has 0 aromatic carbocycles. The third kappa shape index (κ3) is 13.9. The van der Waals surface area contributed by atoms with Crippen LogP contribution in [0.5, 0.6) is 0 Å². The van der Waals surface area contributed by atoms with Gasteiger partial charge in [-0.1, -0.05) is 52.4 Å². The lowest BCUT2D eigenvalue weighted by Crippen LogP contribution is -2.18. The van der Waals surface area contributed by atoms with E-state index in [0.717, 1.165) is 32.1 Å². The molecule has 0 heterocycles. The molecule has 0 aromatic heterocycles. The highest BCUT2D eigenvalue weighted by Gasteiger charge is 2.14. The van der Waals surface area contributed by atoms with Crippen molar-refractivity contribution in [1.29, 1.82) is 0 Å². The van der Waals surface area contributed by atoms with Crippen molar-refractivity contribution in [3.05, 3.63) is 0 Å². The van der Waals surface area contributed by atoms with E-state index in [1.807, 2.05) is 0 Å². The Balaban J connectivity index is 3.89. The van der Waals surface area contributed by atoms with E-state index in [9.17, 15) is 9.59 Å². The van der Waals surface area contributed by atoms with Crippen molar-refractivity contribution in [1.82, 2.24) is 0 Å². The molecule has 0 radical (unpaired) electrons. The van der Waals surface area contributed by atoms with Gasteiger partial charge in [-0.2, -0.15) is 0 Å². The van der Waals surface area contributed by atoms with Crippen molar-refractivity contribution in [3.63, 3.8) is 0 Å². The summed E-state index contributed by atoms with van der Waals surface area (Å²) in [5, 5.41) is 8.56. The number of carboxylic acid groups (broad SMARTS) is 1. The second-order valence-corrected chi connectivity index (χ2v) is 6.06.